The molecule has 21 heavy (non-hydrogen) atoms. The summed E-state index contributed by atoms with van der Waals surface area (Å²) in [4.78, 5) is 12.5. The van der Waals surface area contributed by atoms with Crippen LogP contribution in [-0.4, -0.2) is 18.3 Å². The van der Waals surface area contributed by atoms with Gasteiger partial charge in [0, 0.05) is 18.0 Å². The maximum absolute atomic E-state index is 12.5. The van der Waals surface area contributed by atoms with E-state index in [0.29, 0.717) is 17.7 Å². The molecule has 110 valence electrons. The lowest BCUT2D eigenvalue weighted by molar-refractivity contribution is 0.0946. The number of fused-ring (bicyclic) bond motifs is 1. The quantitative estimate of drug-likeness (QED) is 0.842. The van der Waals surface area contributed by atoms with Gasteiger partial charge in [0.05, 0.1) is 0 Å². The third kappa shape index (κ3) is 3.06. The second kappa shape index (κ2) is 6.48. The third-order valence-electron chi connectivity index (χ3n) is 4.57. The highest BCUT2D eigenvalue weighted by molar-refractivity contribution is 6.18. The molecule has 2 atom stereocenters. The summed E-state index contributed by atoms with van der Waals surface area (Å²) in [6.07, 6.45) is 3.59. The zero-order chi connectivity index (χ0) is 14.7. The maximum atomic E-state index is 12.5. The van der Waals surface area contributed by atoms with Crippen molar-refractivity contribution in [2.24, 2.45) is 11.8 Å². The monoisotopic (exact) mass is 301 g/mol. The summed E-state index contributed by atoms with van der Waals surface area (Å²) in [5.41, 5.74) is 0.758. The molecule has 1 aliphatic carbocycles. The minimum absolute atomic E-state index is 0.0204. The summed E-state index contributed by atoms with van der Waals surface area (Å²) in [6, 6.07) is 13.9. The first-order chi connectivity index (χ1) is 10.3. The second-order valence-electron chi connectivity index (χ2n) is 5.84. The number of nitrogens with one attached hydrogen (secondary N) is 1. The Balaban J connectivity index is 1.72. The lowest BCUT2D eigenvalue weighted by atomic mass is 9.97. The summed E-state index contributed by atoms with van der Waals surface area (Å²) in [5.74, 6) is 1.81. The van der Waals surface area contributed by atoms with Crippen LogP contribution in [0, 0.1) is 11.8 Å². The van der Waals surface area contributed by atoms with Crippen LogP contribution in [0.2, 0.25) is 0 Å². The Hall–Kier alpha value is -1.54. The molecule has 0 saturated heterocycles. The van der Waals surface area contributed by atoms with E-state index in [4.69, 9.17) is 11.6 Å². The zero-order valence-electron chi connectivity index (χ0n) is 12.0. The van der Waals surface area contributed by atoms with Gasteiger partial charge in [0.2, 0.25) is 0 Å². The van der Waals surface area contributed by atoms with E-state index >= 15 is 0 Å². The summed E-state index contributed by atoms with van der Waals surface area (Å²) >= 11 is 6.00. The molecule has 1 aliphatic rings. The number of carbonyl (C=O) groups is 1. The fourth-order valence-corrected chi connectivity index (χ4v) is 3.73. The molecule has 2 unspecified atom stereocenters. The van der Waals surface area contributed by atoms with E-state index in [-0.39, 0.29) is 5.91 Å². The Morgan fingerprint density at radius 3 is 2.71 bits per heavy atom. The van der Waals surface area contributed by atoms with Crippen molar-refractivity contribution in [1.29, 1.82) is 0 Å². The van der Waals surface area contributed by atoms with Crippen molar-refractivity contribution in [3.05, 3.63) is 48.0 Å². The first kappa shape index (κ1) is 14.4. The number of hydrogen-bond acceptors (Lipinski definition) is 1. The Morgan fingerprint density at radius 2 is 1.86 bits per heavy atom. The summed E-state index contributed by atoms with van der Waals surface area (Å²) in [6.45, 7) is 0.736. The summed E-state index contributed by atoms with van der Waals surface area (Å²) in [5, 5.41) is 5.21. The molecule has 0 aromatic heterocycles. The highest BCUT2D eigenvalue weighted by Crippen LogP contribution is 2.32. The molecule has 0 heterocycles. The van der Waals surface area contributed by atoms with Gasteiger partial charge in [-0.15, -0.1) is 11.6 Å². The molecule has 2 aromatic carbocycles. The van der Waals surface area contributed by atoms with Crippen molar-refractivity contribution < 1.29 is 4.79 Å². The highest BCUT2D eigenvalue weighted by Gasteiger charge is 2.26. The largest absolute Gasteiger partial charge is 0.352 e. The van der Waals surface area contributed by atoms with Crippen LogP contribution in [0.4, 0.5) is 0 Å². The molecule has 1 saturated carbocycles. The standard InChI is InChI=1S/C18H20ClNO/c19-11-14-7-3-8-15(14)12-20-18(21)17-10-4-6-13-5-1-2-9-16(13)17/h1-2,4-6,9-10,14-15H,3,7-8,11-12H2,(H,20,21). The van der Waals surface area contributed by atoms with Crippen molar-refractivity contribution in [2.45, 2.75) is 19.3 Å². The predicted octanol–water partition coefficient (Wildman–Crippen LogP) is 4.22. The molecule has 0 aliphatic heterocycles. The zero-order valence-corrected chi connectivity index (χ0v) is 12.8. The Labute approximate surface area is 130 Å². The van der Waals surface area contributed by atoms with Gasteiger partial charge >= 0.3 is 0 Å². The molecular formula is C18H20ClNO. The Bertz CT molecular complexity index is 635. The molecule has 2 nitrogen and oxygen atoms in total. The van der Waals surface area contributed by atoms with Gasteiger partial charge in [-0.05, 0) is 41.5 Å². The maximum Gasteiger partial charge on any atom is 0.251 e. The number of alkyl halides is 1. The van der Waals surface area contributed by atoms with Crippen molar-refractivity contribution in [3.63, 3.8) is 0 Å². The molecule has 0 spiro atoms. The smallest absolute Gasteiger partial charge is 0.251 e. The number of carbonyl (C=O) groups excluding carboxylic acids is 1. The van der Waals surface area contributed by atoms with Gasteiger partial charge in [-0.1, -0.05) is 42.8 Å². The minimum atomic E-state index is 0.0204. The van der Waals surface area contributed by atoms with E-state index in [2.05, 4.69) is 5.32 Å². The van der Waals surface area contributed by atoms with E-state index < -0.39 is 0 Å². The normalized spacial score (nSPS) is 21.6. The lowest BCUT2D eigenvalue weighted by Crippen LogP contribution is -2.31. The number of benzene rings is 2. The van der Waals surface area contributed by atoms with Crippen molar-refractivity contribution in [3.8, 4) is 0 Å². The minimum Gasteiger partial charge on any atom is -0.352 e. The summed E-state index contributed by atoms with van der Waals surface area (Å²) < 4.78 is 0. The first-order valence-corrected chi connectivity index (χ1v) is 8.15. The molecular weight excluding hydrogens is 282 g/mol. The summed E-state index contributed by atoms with van der Waals surface area (Å²) in [7, 11) is 0. The number of rotatable bonds is 4. The van der Waals surface area contributed by atoms with Crippen LogP contribution in [0.5, 0.6) is 0 Å². The van der Waals surface area contributed by atoms with E-state index in [1.54, 1.807) is 0 Å². The average Bonchev–Trinajstić information content (AvgIpc) is 2.99. The van der Waals surface area contributed by atoms with Crippen LogP contribution in [0.1, 0.15) is 29.6 Å². The van der Waals surface area contributed by atoms with E-state index in [1.165, 1.54) is 19.3 Å². The topological polar surface area (TPSA) is 29.1 Å². The van der Waals surface area contributed by atoms with E-state index in [9.17, 15) is 4.79 Å². The van der Waals surface area contributed by atoms with E-state index in [0.717, 1.165) is 22.9 Å². The van der Waals surface area contributed by atoms with Crippen molar-refractivity contribution >= 4 is 28.3 Å². The molecule has 2 aromatic rings. The van der Waals surface area contributed by atoms with E-state index in [1.807, 2.05) is 42.5 Å². The fraction of sp³-hybridized carbons (Fsp3) is 0.389. The molecule has 0 radical (unpaired) electrons. The van der Waals surface area contributed by atoms with Crippen molar-refractivity contribution in [1.82, 2.24) is 5.32 Å². The molecule has 3 rings (SSSR count). The Morgan fingerprint density at radius 1 is 1.10 bits per heavy atom. The second-order valence-corrected chi connectivity index (χ2v) is 6.15. The van der Waals surface area contributed by atoms with Crippen LogP contribution < -0.4 is 5.32 Å². The average molecular weight is 302 g/mol. The van der Waals surface area contributed by atoms with Gasteiger partial charge in [0.15, 0.2) is 0 Å². The highest BCUT2D eigenvalue weighted by atomic mass is 35.5. The number of hydrogen-bond donors (Lipinski definition) is 1. The Kier molecular flexibility index (Phi) is 4.45. The van der Waals surface area contributed by atoms with Gasteiger partial charge < -0.3 is 5.32 Å². The molecule has 0 bridgehead atoms. The first-order valence-electron chi connectivity index (χ1n) is 7.61. The van der Waals surface area contributed by atoms with Crippen LogP contribution in [0.25, 0.3) is 10.8 Å². The molecule has 1 fully saturated rings. The van der Waals surface area contributed by atoms with Gasteiger partial charge in [0.1, 0.15) is 0 Å². The number of amides is 1. The molecule has 1 N–H and O–H groups in total. The SMILES string of the molecule is O=C(NCC1CCCC1CCl)c1cccc2ccccc12. The predicted molar refractivity (Wildman–Crippen MR) is 87.8 cm³/mol. The van der Waals surface area contributed by atoms with Gasteiger partial charge in [0.25, 0.3) is 5.91 Å². The number of halogens is 1. The van der Waals surface area contributed by atoms with Crippen molar-refractivity contribution in [2.75, 3.05) is 12.4 Å². The van der Waals surface area contributed by atoms with Crippen LogP contribution in [0.15, 0.2) is 42.5 Å². The fourth-order valence-electron chi connectivity index (χ4n) is 3.33. The molecule has 3 heteroatoms. The molecule has 1 amide bonds. The van der Waals surface area contributed by atoms with Crippen LogP contribution >= 0.6 is 11.6 Å². The third-order valence-corrected chi connectivity index (χ3v) is 4.97. The van der Waals surface area contributed by atoms with Crippen LogP contribution in [0.3, 0.4) is 0 Å². The van der Waals surface area contributed by atoms with Gasteiger partial charge in [-0.25, -0.2) is 0 Å². The van der Waals surface area contributed by atoms with Crippen LogP contribution in [-0.2, 0) is 0 Å². The van der Waals surface area contributed by atoms with Gasteiger partial charge in [-0.3, -0.25) is 4.79 Å². The van der Waals surface area contributed by atoms with Gasteiger partial charge in [-0.2, -0.15) is 0 Å². The lowest BCUT2D eigenvalue weighted by Gasteiger charge is -2.18.